The molecule has 1 fully saturated rings. The van der Waals surface area contributed by atoms with E-state index >= 15 is 0 Å². The van der Waals surface area contributed by atoms with Crippen LogP contribution in [0.4, 0.5) is 0 Å². The van der Waals surface area contributed by atoms with E-state index in [4.69, 9.17) is 15.0 Å². The Bertz CT molecular complexity index is 179. The summed E-state index contributed by atoms with van der Waals surface area (Å²) in [4.78, 5) is 2.67. The van der Waals surface area contributed by atoms with Gasteiger partial charge < -0.3 is 9.47 Å². The maximum Gasteiger partial charge on any atom is 0.158 e. The zero-order valence-corrected chi connectivity index (χ0v) is 7.14. The summed E-state index contributed by atoms with van der Waals surface area (Å²) in [6, 6.07) is 0. The van der Waals surface area contributed by atoms with Gasteiger partial charge in [-0.15, -0.1) is 0 Å². The van der Waals surface area contributed by atoms with Gasteiger partial charge in [0.05, 0.1) is 12.6 Å². The van der Waals surface area contributed by atoms with Crippen molar-refractivity contribution in [3.63, 3.8) is 0 Å². The van der Waals surface area contributed by atoms with Crippen molar-refractivity contribution < 1.29 is 9.47 Å². The molecule has 0 aromatic heterocycles. The van der Waals surface area contributed by atoms with Crippen LogP contribution >= 0.6 is 0 Å². The highest BCUT2D eigenvalue weighted by Crippen LogP contribution is 2.20. The Kier molecular flexibility index (Phi) is 3.87. The van der Waals surface area contributed by atoms with E-state index in [0.29, 0.717) is 13.2 Å². The minimum Gasteiger partial charge on any atom is -0.353 e. The molecule has 5 nitrogen and oxygen atoms in total. The molecule has 0 N–H and O–H groups in total. The summed E-state index contributed by atoms with van der Waals surface area (Å²) in [5.74, 6) is 0. The van der Waals surface area contributed by atoms with Gasteiger partial charge in [0.25, 0.3) is 0 Å². The highest BCUT2D eigenvalue weighted by Gasteiger charge is 2.24. The lowest BCUT2D eigenvalue weighted by atomic mass is 10.2. The lowest BCUT2D eigenvalue weighted by Crippen LogP contribution is -2.15. The van der Waals surface area contributed by atoms with Crippen LogP contribution in [0.5, 0.6) is 0 Å². The van der Waals surface area contributed by atoms with E-state index in [1.165, 1.54) is 0 Å². The first-order valence-electron chi connectivity index (χ1n) is 4.14. The molecule has 0 aliphatic carbocycles. The van der Waals surface area contributed by atoms with Gasteiger partial charge in [-0.05, 0) is 18.9 Å². The number of azide groups is 1. The number of nitrogens with zero attached hydrogens (tertiary/aromatic N) is 3. The van der Waals surface area contributed by atoms with E-state index in [1.807, 2.05) is 6.92 Å². The van der Waals surface area contributed by atoms with Crippen molar-refractivity contribution in [1.29, 1.82) is 0 Å². The summed E-state index contributed by atoms with van der Waals surface area (Å²) in [7, 11) is 0. The second-order valence-corrected chi connectivity index (χ2v) is 2.63. The minimum atomic E-state index is -0.0890. The Hall–Kier alpha value is -0.770. The Morgan fingerprint density at radius 3 is 3.17 bits per heavy atom. The molecule has 1 aliphatic heterocycles. The first-order chi connectivity index (χ1) is 5.86. The molecule has 0 saturated carbocycles. The first-order valence-corrected chi connectivity index (χ1v) is 4.14. The van der Waals surface area contributed by atoms with Gasteiger partial charge in [-0.2, -0.15) is 0 Å². The maximum absolute atomic E-state index is 8.07. The predicted molar refractivity (Wildman–Crippen MR) is 43.5 cm³/mol. The predicted octanol–water partition coefficient (Wildman–Crippen LogP) is 1.84. The average Bonchev–Trinajstić information content (AvgIpc) is 2.50. The molecule has 1 rings (SSSR count). The molecule has 0 spiro atoms. The van der Waals surface area contributed by atoms with Crippen molar-refractivity contribution in [3.05, 3.63) is 10.4 Å². The van der Waals surface area contributed by atoms with Gasteiger partial charge in [0.2, 0.25) is 0 Å². The van der Waals surface area contributed by atoms with Crippen molar-refractivity contribution >= 4 is 0 Å². The molecule has 1 aliphatic rings. The number of ether oxygens (including phenoxy) is 2. The monoisotopic (exact) mass is 171 g/mol. The molecule has 5 heteroatoms. The Morgan fingerprint density at radius 2 is 2.50 bits per heavy atom. The SMILES string of the molecule is CCO[C@@H]1CCC(CN=[N+]=[N-])O1. The van der Waals surface area contributed by atoms with Crippen molar-refractivity contribution in [2.24, 2.45) is 5.11 Å². The van der Waals surface area contributed by atoms with Crippen LogP contribution in [-0.4, -0.2) is 25.5 Å². The fourth-order valence-corrected chi connectivity index (χ4v) is 1.24. The summed E-state index contributed by atoms with van der Waals surface area (Å²) in [5, 5.41) is 3.45. The van der Waals surface area contributed by atoms with Crippen molar-refractivity contribution in [2.45, 2.75) is 32.2 Å². The van der Waals surface area contributed by atoms with Crippen LogP contribution in [0.2, 0.25) is 0 Å². The summed E-state index contributed by atoms with van der Waals surface area (Å²) >= 11 is 0. The largest absolute Gasteiger partial charge is 0.353 e. The molecule has 0 bridgehead atoms. The van der Waals surface area contributed by atoms with Crippen LogP contribution in [0.25, 0.3) is 10.4 Å². The second-order valence-electron chi connectivity index (χ2n) is 2.63. The van der Waals surface area contributed by atoms with Gasteiger partial charge >= 0.3 is 0 Å². The van der Waals surface area contributed by atoms with Crippen molar-refractivity contribution in [1.82, 2.24) is 0 Å². The Labute approximate surface area is 71.3 Å². The highest BCUT2D eigenvalue weighted by atomic mass is 16.7. The fourth-order valence-electron chi connectivity index (χ4n) is 1.24. The van der Waals surface area contributed by atoms with Crippen LogP contribution in [0.1, 0.15) is 19.8 Å². The zero-order valence-electron chi connectivity index (χ0n) is 7.14. The third-order valence-corrected chi connectivity index (χ3v) is 1.77. The third-order valence-electron chi connectivity index (χ3n) is 1.77. The van der Waals surface area contributed by atoms with Crippen LogP contribution < -0.4 is 0 Å². The molecule has 2 atom stereocenters. The standard InChI is InChI=1S/C7H13N3O2/c1-2-11-7-4-3-6(12-7)5-9-10-8/h6-7H,2-5H2,1H3/t6?,7-/m0/s1. The molecular formula is C7H13N3O2. The third kappa shape index (κ3) is 2.70. The van der Waals surface area contributed by atoms with Crippen LogP contribution in [-0.2, 0) is 9.47 Å². The summed E-state index contributed by atoms with van der Waals surface area (Å²) in [6.45, 7) is 3.02. The lowest BCUT2D eigenvalue weighted by Gasteiger charge is -2.11. The topological polar surface area (TPSA) is 67.2 Å². The van der Waals surface area contributed by atoms with E-state index in [1.54, 1.807) is 0 Å². The molecule has 12 heavy (non-hydrogen) atoms. The molecule has 0 radical (unpaired) electrons. The molecule has 0 aromatic carbocycles. The number of hydrogen-bond acceptors (Lipinski definition) is 3. The summed E-state index contributed by atoms with van der Waals surface area (Å²) in [6.07, 6.45) is 1.79. The number of hydrogen-bond donors (Lipinski definition) is 0. The average molecular weight is 171 g/mol. The number of rotatable bonds is 4. The minimum absolute atomic E-state index is 0.0532. The van der Waals surface area contributed by atoms with E-state index < -0.39 is 0 Å². The molecule has 0 aromatic rings. The molecule has 0 amide bonds. The Morgan fingerprint density at radius 1 is 1.67 bits per heavy atom. The summed E-state index contributed by atoms with van der Waals surface area (Å²) < 4.78 is 10.7. The van der Waals surface area contributed by atoms with E-state index in [9.17, 15) is 0 Å². The zero-order chi connectivity index (χ0) is 8.81. The van der Waals surface area contributed by atoms with Gasteiger partial charge in [0.15, 0.2) is 6.29 Å². The lowest BCUT2D eigenvalue weighted by molar-refractivity contribution is -0.127. The normalized spacial score (nSPS) is 28.4. The fraction of sp³-hybridized carbons (Fsp3) is 1.00. The maximum atomic E-state index is 8.07. The van der Waals surface area contributed by atoms with Crippen LogP contribution in [0.15, 0.2) is 5.11 Å². The molecule has 1 unspecified atom stereocenters. The molecule has 68 valence electrons. The quantitative estimate of drug-likeness (QED) is 0.368. The van der Waals surface area contributed by atoms with Crippen molar-refractivity contribution in [2.75, 3.05) is 13.2 Å². The van der Waals surface area contributed by atoms with E-state index in [-0.39, 0.29) is 12.4 Å². The van der Waals surface area contributed by atoms with Gasteiger partial charge in [-0.1, -0.05) is 5.11 Å². The Balaban J connectivity index is 2.20. The van der Waals surface area contributed by atoms with Crippen LogP contribution in [0.3, 0.4) is 0 Å². The molecule has 1 saturated heterocycles. The van der Waals surface area contributed by atoms with Crippen LogP contribution in [0, 0.1) is 0 Å². The molecule has 1 heterocycles. The molecular weight excluding hydrogens is 158 g/mol. The smallest absolute Gasteiger partial charge is 0.158 e. The van der Waals surface area contributed by atoms with Crippen molar-refractivity contribution in [3.8, 4) is 0 Å². The van der Waals surface area contributed by atoms with Gasteiger partial charge in [-0.25, -0.2) is 0 Å². The highest BCUT2D eigenvalue weighted by molar-refractivity contribution is 4.70. The van der Waals surface area contributed by atoms with E-state index in [0.717, 1.165) is 12.8 Å². The van der Waals surface area contributed by atoms with Gasteiger partial charge in [-0.3, -0.25) is 0 Å². The summed E-state index contributed by atoms with van der Waals surface area (Å²) in [5.41, 5.74) is 8.07. The van der Waals surface area contributed by atoms with Gasteiger partial charge in [0, 0.05) is 17.9 Å². The van der Waals surface area contributed by atoms with Gasteiger partial charge in [0.1, 0.15) is 0 Å². The first kappa shape index (κ1) is 9.32. The van der Waals surface area contributed by atoms with E-state index in [2.05, 4.69) is 10.0 Å². The second kappa shape index (κ2) is 4.98.